The van der Waals surface area contributed by atoms with Gasteiger partial charge < -0.3 is 9.32 Å². The fourth-order valence-electron chi connectivity index (χ4n) is 10.9. The van der Waals surface area contributed by atoms with Crippen molar-refractivity contribution in [2.75, 3.05) is 4.90 Å². The number of benzene rings is 11. The highest BCUT2D eigenvalue weighted by Gasteiger charge is 2.36. The highest BCUT2D eigenvalue weighted by molar-refractivity contribution is 6.30. The molecule has 0 saturated carbocycles. The second kappa shape index (κ2) is 14.4. The summed E-state index contributed by atoms with van der Waals surface area (Å²) in [6, 6.07) is 82.6. The Morgan fingerprint density at radius 2 is 0.862 bits per heavy atom. The standard InChI is InChI=1S/C63H43NO/c1-63(2)57-27-15-13-24-51(57)52-31-30-45(39-58(52)63)64(46-36-43(40-17-5-3-6-18-40)35-44(37-46)41-19-7-4-8-20-41)62-47(42-29-34-60-56(38-42)53-25-14-16-28-59(53)65-60)32-33-55-50-23-10-9-21-48(50)49-22-11-12-26-54(49)61(55)62/h3-39H,1-2H3. The van der Waals surface area contributed by atoms with E-state index in [1.54, 1.807) is 0 Å². The summed E-state index contributed by atoms with van der Waals surface area (Å²) in [6.45, 7) is 4.76. The first-order valence-electron chi connectivity index (χ1n) is 22.6. The normalized spacial score (nSPS) is 12.9. The number of hydrogen-bond acceptors (Lipinski definition) is 2. The Morgan fingerprint density at radius 3 is 1.57 bits per heavy atom. The Hall–Kier alpha value is -8.20. The monoisotopic (exact) mass is 829 g/mol. The Balaban J connectivity index is 1.20. The molecule has 2 nitrogen and oxygen atoms in total. The molecule has 0 fully saturated rings. The molecule has 0 amide bonds. The van der Waals surface area contributed by atoms with Crippen LogP contribution in [-0.2, 0) is 5.41 Å². The predicted molar refractivity (Wildman–Crippen MR) is 275 cm³/mol. The molecule has 13 rings (SSSR count). The lowest BCUT2D eigenvalue weighted by Crippen LogP contribution is -2.17. The zero-order valence-electron chi connectivity index (χ0n) is 36.2. The molecule has 1 heterocycles. The molecule has 0 atom stereocenters. The lowest BCUT2D eigenvalue weighted by molar-refractivity contribution is 0.660. The Bertz CT molecular complexity index is 3770. The van der Waals surface area contributed by atoms with Gasteiger partial charge in [-0.1, -0.05) is 190 Å². The molecule has 0 aliphatic heterocycles. The van der Waals surface area contributed by atoms with Crippen LogP contribution in [0.1, 0.15) is 25.0 Å². The second-order valence-corrected chi connectivity index (χ2v) is 18.0. The van der Waals surface area contributed by atoms with Crippen molar-refractivity contribution in [3.05, 3.63) is 236 Å². The van der Waals surface area contributed by atoms with Gasteiger partial charge in [-0.15, -0.1) is 0 Å². The Morgan fingerprint density at radius 1 is 0.323 bits per heavy atom. The lowest BCUT2D eigenvalue weighted by atomic mass is 9.82. The van der Waals surface area contributed by atoms with Crippen molar-refractivity contribution in [3.8, 4) is 44.5 Å². The smallest absolute Gasteiger partial charge is 0.135 e. The largest absolute Gasteiger partial charge is 0.456 e. The number of para-hydroxylation sites is 1. The molecule has 306 valence electrons. The third-order valence-corrected chi connectivity index (χ3v) is 14.0. The molecule has 11 aromatic carbocycles. The predicted octanol–water partition coefficient (Wildman–Crippen LogP) is 17.8. The van der Waals surface area contributed by atoms with Gasteiger partial charge in [0.2, 0.25) is 0 Å². The maximum Gasteiger partial charge on any atom is 0.135 e. The van der Waals surface area contributed by atoms with Crippen LogP contribution < -0.4 is 4.90 Å². The van der Waals surface area contributed by atoms with E-state index in [1.807, 2.05) is 6.07 Å². The van der Waals surface area contributed by atoms with E-state index in [0.29, 0.717) is 0 Å². The number of anilines is 3. The van der Waals surface area contributed by atoms with Crippen LogP contribution in [-0.4, -0.2) is 0 Å². The quantitative estimate of drug-likeness (QED) is 0.155. The van der Waals surface area contributed by atoms with Gasteiger partial charge in [-0.3, -0.25) is 0 Å². The van der Waals surface area contributed by atoms with Gasteiger partial charge >= 0.3 is 0 Å². The van der Waals surface area contributed by atoms with E-state index in [9.17, 15) is 0 Å². The van der Waals surface area contributed by atoms with Gasteiger partial charge in [0, 0.05) is 38.5 Å². The zero-order valence-corrected chi connectivity index (χ0v) is 36.2. The van der Waals surface area contributed by atoms with E-state index >= 15 is 0 Å². The number of furan rings is 1. The molecule has 1 aromatic heterocycles. The number of hydrogen-bond donors (Lipinski definition) is 0. The lowest BCUT2D eigenvalue weighted by Gasteiger charge is -2.32. The van der Waals surface area contributed by atoms with Crippen molar-refractivity contribution in [1.82, 2.24) is 0 Å². The first-order valence-corrected chi connectivity index (χ1v) is 22.6. The molecule has 65 heavy (non-hydrogen) atoms. The van der Waals surface area contributed by atoms with E-state index in [1.165, 1.54) is 65.7 Å². The fourth-order valence-corrected chi connectivity index (χ4v) is 10.9. The van der Waals surface area contributed by atoms with Crippen LogP contribution in [0.3, 0.4) is 0 Å². The van der Waals surface area contributed by atoms with Crippen molar-refractivity contribution in [1.29, 1.82) is 0 Å². The Kier molecular flexibility index (Phi) is 8.29. The van der Waals surface area contributed by atoms with Gasteiger partial charge in [0.1, 0.15) is 11.2 Å². The molecule has 1 aliphatic carbocycles. The maximum atomic E-state index is 6.42. The van der Waals surface area contributed by atoms with Gasteiger partial charge in [-0.25, -0.2) is 0 Å². The van der Waals surface area contributed by atoms with Crippen LogP contribution in [0.5, 0.6) is 0 Å². The topological polar surface area (TPSA) is 16.4 Å². The van der Waals surface area contributed by atoms with Crippen LogP contribution in [0.15, 0.2) is 229 Å². The summed E-state index contributed by atoms with van der Waals surface area (Å²) in [4.78, 5) is 2.58. The van der Waals surface area contributed by atoms with Gasteiger partial charge in [-0.05, 0) is 126 Å². The Labute approximate surface area is 378 Å². The minimum Gasteiger partial charge on any atom is -0.456 e. The van der Waals surface area contributed by atoms with Crippen molar-refractivity contribution in [2.24, 2.45) is 0 Å². The third kappa shape index (κ3) is 5.81. The average molecular weight is 830 g/mol. The number of nitrogens with zero attached hydrogens (tertiary/aromatic N) is 1. The van der Waals surface area contributed by atoms with Crippen LogP contribution in [0.25, 0.3) is 98.8 Å². The first kappa shape index (κ1) is 37.4. The fraction of sp³-hybridized carbons (Fsp3) is 0.0476. The molecule has 0 spiro atoms. The van der Waals surface area contributed by atoms with Crippen LogP contribution in [0, 0.1) is 0 Å². The summed E-state index contributed by atoms with van der Waals surface area (Å²) in [5, 5.41) is 9.59. The molecule has 0 saturated heterocycles. The van der Waals surface area contributed by atoms with Crippen molar-refractivity contribution < 1.29 is 4.42 Å². The van der Waals surface area contributed by atoms with Crippen LogP contribution in [0.2, 0.25) is 0 Å². The van der Waals surface area contributed by atoms with E-state index in [2.05, 4.69) is 237 Å². The second-order valence-electron chi connectivity index (χ2n) is 18.0. The molecular weight excluding hydrogens is 787 g/mol. The summed E-state index contributed by atoms with van der Waals surface area (Å²) in [5.74, 6) is 0. The summed E-state index contributed by atoms with van der Waals surface area (Å²) < 4.78 is 6.42. The van der Waals surface area contributed by atoms with Crippen molar-refractivity contribution in [2.45, 2.75) is 19.3 Å². The van der Waals surface area contributed by atoms with E-state index in [4.69, 9.17) is 4.42 Å². The molecule has 2 heteroatoms. The average Bonchev–Trinajstić information content (AvgIpc) is 3.85. The van der Waals surface area contributed by atoms with Gasteiger partial charge in [0.05, 0.1) is 5.69 Å². The number of fused-ring (bicyclic) bond motifs is 12. The third-order valence-electron chi connectivity index (χ3n) is 14.0. The molecule has 0 radical (unpaired) electrons. The molecule has 0 bridgehead atoms. The summed E-state index contributed by atoms with van der Waals surface area (Å²) >= 11 is 0. The molecule has 12 aromatic rings. The van der Waals surface area contributed by atoms with E-state index in [0.717, 1.165) is 61.3 Å². The minimum absolute atomic E-state index is 0.202. The van der Waals surface area contributed by atoms with Crippen LogP contribution >= 0.6 is 0 Å². The molecule has 1 aliphatic rings. The van der Waals surface area contributed by atoms with Crippen molar-refractivity contribution in [3.63, 3.8) is 0 Å². The van der Waals surface area contributed by atoms with Gasteiger partial charge in [0.25, 0.3) is 0 Å². The first-order chi connectivity index (χ1) is 32.0. The zero-order chi connectivity index (χ0) is 43.2. The maximum absolute atomic E-state index is 6.42. The van der Waals surface area contributed by atoms with E-state index < -0.39 is 0 Å². The van der Waals surface area contributed by atoms with E-state index in [-0.39, 0.29) is 5.41 Å². The highest BCUT2D eigenvalue weighted by Crippen LogP contribution is 2.54. The SMILES string of the molecule is CC1(C)c2ccccc2-c2ccc(N(c3cc(-c4ccccc4)cc(-c4ccccc4)c3)c3c(-c4ccc5oc6ccccc6c5c4)ccc4c5ccccc5c5ccccc5c34)cc21. The summed E-state index contributed by atoms with van der Waals surface area (Å²) in [5.41, 5.74) is 17.1. The van der Waals surface area contributed by atoms with Crippen LogP contribution in [0.4, 0.5) is 17.1 Å². The summed E-state index contributed by atoms with van der Waals surface area (Å²) in [7, 11) is 0. The number of rotatable bonds is 6. The molecular formula is C63H43NO. The van der Waals surface area contributed by atoms with Gasteiger partial charge in [-0.2, -0.15) is 0 Å². The molecule has 0 unspecified atom stereocenters. The van der Waals surface area contributed by atoms with Crippen molar-refractivity contribution >= 4 is 71.3 Å². The minimum atomic E-state index is -0.202. The highest BCUT2D eigenvalue weighted by atomic mass is 16.3. The molecule has 0 N–H and O–H groups in total. The summed E-state index contributed by atoms with van der Waals surface area (Å²) in [6.07, 6.45) is 0. The van der Waals surface area contributed by atoms with Gasteiger partial charge in [0.15, 0.2) is 0 Å².